The van der Waals surface area contributed by atoms with E-state index in [-0.39, 0.29) is 11.4 Å². The zero-order valence-corrected chi connectivity index (χ0v) is 8.83. The molecular weight excluding hydrogens is 210 g/mol. The molecule has 0 fully saturated rings. The van der Waals surface area contributed by atoms with Gasteiger partial charge >= 0.3 is 0 Å². The number of nitrogens with two attached hydrogens (primary N) is 1. The van der Waals surface area contributed by atoms with E-state index in [4.69, 9.17) is 10.5 Å². The van der Waals surface area contributed by atoms with Crippen LogP contribution >= 0.6 is 11.3 Å². The van der Waals surface area contributed by atoms with Gasteiger partial charge in [0.2, 0.25) is 0 Å². The molecule has 0 unspecified atom stereocenters. The SMILES string of the molecule is Nc1c(O)cccc1OCc1ccsc1. The predicted molar refractivity (Wildman–Crippen MR) is 61.2 cm³/mol. The van der Waals surface area contributed by atoms with Gasteiger partial charge in [0, 0.05) is 0 Å². The van der Waals surface area contributed by atoms with Crippen LogP contribution in [0.1, 0.15) is 5.56 Å². The van der Waals surface area contributed by atoms with Gasteiger partial charge in [-0.05, 0) is 34.5 Å². The standard InChI is InChI=1S/C11H11NO2S/c12-11-9(13)2-1-3-10(11)14-6-8-4-5-15-7-8/h1-5,7,13H,6,12H2. The highest BCUT2D eigenvalue weighted by atomic mass is 32.1. The Morgan fingerprint density at radius 1 is 1.33 bits per heavy atom. The number of aromatic hydroxyl groups is 1. The van der Waals surface area contributed by atoms with Crippen molar-refractivity contribution in [1.29, 1.82) is 0 Å². The fourth-order valence-corrected chi connectivity index (χ4v) is 1.85. The second-order valence-corrected chi connectivity index (χ2v) is 3.89. The summed E-state index contributed by atoms with van der Waals surface area (Å²) in [7, 11) is 0. The molecule has 3 N–H and O–H groups in total. The molecule has 0 atom stereocenters. The van der Waals surface area contributed by atoms with Crippen LogP contribution in [0.5, 0.6) is 11.5 Å². The zero-order valence-electron chi connectivity index (χ0n) is 8.01. The summed E-state index contributed by atoms with van der Waals surface area (Å²) in [5.74, 6) is 0.569. The minimum Gasteiger partial charge on any atom is -0.506 e. The number of benzene rings is 1. The second kappa shape index (κ2) is 4.23. The summed E-state index contributed by atoms with van der Waals surface area (Å²) in [6, 6.07) is 6.96. The molecule has 0 saturated carbocycles. The Morgan fingerprint density at radius 2 is 2.20 bits per heavy atom. The molecule has 0 spiro atoms. The van der Waals surface area contributed by atoms with Crippen molar-refractivity contribution in [2.45, 2.75) is 6.61 Å². The van der Waals surface area contributed by atoms with Crippen molar-refractivity contribution in [2.75, 3.05) is 5.73 Å². The van der Waals surface area contributed by atoms with Gasteiger partial charge in [0.1, 0.15) is 23.8 Å². The third-order valence-corrected chi connectivity index (χ3v) is 2.75. The predicted octanol–water partition coefficient (Wildman–Crippen LogP) is 2.61. The first-order valence-corrected chi connectivity index (χ1v) is 5.43. The number of phenols is 1. The highest BCUT2D eigenvalue weighted by Crippen LogP contribution is 2.30. The summed E-state index contributed by atoms with van der Waals surface area (Å²) in [5, 5.41) is 13.4. The van der Waals surface area contributed by atoms with Crippen LogP contribution in [0.2, 0.25) is 0 Å². The van der Waals surface area contributed by atoms with Gasteiger partial charge in [-0.15, -0.1) is 0 Å². The molecular formula is C11H11NO2S. The molecule has 1 aromatic heterocycles. The normalized spacial score (nSPS) is 10.1. The monoisotopic (exact) mass is 221 g/mol. The molecule has 4 heteroatoms. The summed E-state index contributed by atoms with van der Waals surface area (Å²) < 4.78 is 5.48. The molecule has 0 aliphatic heterocycles. The minimum absolute atomic E-state index is 0.0535. The van der Waals surface area contributed by atoms with E-state index in [1.54, 1.807) is 23.5 Å². The topological polar surface area (TPSA) is 55.5 Å². The molecule has 0 amide bonds. The first-order chi connectivity index (χ1) is 7.27. The average molecular weight is 221 g/mol. The van der Waals surface area contributed by atoms with Gasteiger partial charge in [-0.2, -0.15) is 11.3 Å². The van der Waals surface area contributed by atoms with E-state index in [0.717, 1.165) is 5.56 Å². The highest BCUT2D eigenvalue weighted by molar-refractivity contribution is 7.07. The fourth-order valence-electron chi connectivity index (χ4n) is 1.19. The minimum atomic E-state index is 0.0535. The largest absolute Gasteiger partial charge is 0.506 e. The van der Waals surface area contributed by atoms with Gasteiger partial charge in [-0.3, -0.25) is 0 Å². The number of phenolic OH excluding ortho intramolecular Hbond substituents is 1. The number of nitrogen functional groups attached to an aromatic ring is 1. The van der Waals surface area contributed by atoms with Crippen molar-refractivity contribution in [3.8, 4) is 11.5 Å². The van der Waals surface area contributed by atoms with Crippen LogP contribution in [0.3, 0.4) is 0 Å². The molecule has 0 radical (unpaired) electrons. The van der Waals surface area contributed by atoms with Crippen molar-refractivity contribution in [2.24, 2.45) is 0 Å². The van der Waals surface area contributed by atoms with Crippen LogP contribution < -0.4 is 10.5 Å². The second-order valence-electron chi connectivity index (χ2n) is 3.11. The zero-order chi connectivity index (χ0) is 10.7. The number of hydrogen-bond donors (Lipinski definition) is 2. The van der Waals surface area contributed by atoms with Crippen molar-refractivity contribution >= 4 is 17.0 Å². The summed E-state index contributed by atoms with van der Waals surface area (Å²) in [6.45, 7) is 0.469. The van der Waals surface area contributed by atoms with Gasteiger partial charge in [0.25, 0.3) is 0 Å². The van der Waals surface area contributed by atoms with Crippen molar-refractivity contribution < 1.29 is 9.84 Å². The Morgan fingerprint density at radius 3 is 2.93 bits per heavy atom. The van der Waals surface area contributed by atoms with E-state index in [9.17, 15) is 5.11 Å². The molecule has 2 aromatic rings. The van der Waals surface area contributed by atoms with Crippen LogP contribution in [-0.2, 0) is 6.61 Å². The first-order valence-electron chi connectivity index (χ1n) is 4.48. The summed E-state index contributed by atoms with van der Waals surface area (Å²) in [4.78, 5) is 0. The van der Waals surface area contributed by atoms with Gasteiger partial charge in [0.15, 0.2) is 0 Å². The number of hydrogen-bond acceptors (Lipinski definition) is 4. The Bertz CT molecular complexity index is 440. The van der Waals surface area contributed by atoms with E-state index >= 15 is 0 Å². The lowest BCUT2D eigenvalue weighted by Crippen LogP contribution is -1.97. The highest BCUT2D eigenvalue weighted by Gasteiger charge is 2.04. The Hall–Kier alpha value is -1.68. The maximum atomic E-state index is 9.35. The lowest BCUT2D eigenvalue weighted by molar-refractivity contribution is 0.307. The van der Waals surface area contributed by atoms with Crippen LogP contribution in [-0.4, -0.2) is 5.11 Å². The molecule has 0 saturated heterocycles. The molecule has 0 bridgehead atoms. The van der Waals surface area contributed by atoms with Crippen LogP contribution in [0.15, 0.2) is 35.0 Å². The number of anilines is 1. The summed E-state index contributed by atoms with van der Waals surface area (Å²) >= 11 is 1.62. The van der Waals surface area contributed by atoms with Gasteiger partial charge in [0.05, 0.1) is 0 Å². The first kappa shape index (κ1) is 9.86. The Labute approximate surface area is 91.7 Å². The van der Waals surface area contributed by atoms with E-state index in [1.165, 1.54) is 6.07 Å². The maximum Gasteiger partial charge on any atom is 0.146 e. The molecule has 2 rings (SSSR count). The Balaban J connectivity index is 2.08. The average Bonchev–Trinajstić information content (AvgIpc) is 2.73. The van der Waals surface area contributed by atoms with Crippen LogP contribution in [0.4, 0.5) is 5.69 Å². The summed E-state index contributed by atoms with van der Waals surface area (Å²) in [6.07, 6.45) is 0. The summed E-state index contributed by atoms with van der Waals surface area (Å²) in [5.41, 5.74) is 7.03. The number of thiophene rings is 1. The van der Waals surface area contributed by atoms with Gasteiger partial charge in [-0.1, -0.05) is 6.07 Å². The number of para-hydroxylation sites is 1. The molecule has 1 aromatic carbocycles. The lowest BCUT2D eigenvalue weighted by atomic mass is 10.3. The van der Waals surface area contributed by atoms with Crippen molar-refractivity contribution in [3.05, 3.63) is 40.6 Å². The third kappa shape index (κ3) is 2.22. The molecule has 0 aliphatic carbocycles. The molecule has 15 heavy (non-hydrogen) atoms. The lowest BCUT2D eigenvalue weighted by Gasteiger charge is -2.08. The smallest absolute Gasteiger partial charge is 0.146 e. The van der Waals surface area contributed by atoms with Gasteiger partial charge < -0.3 is 15.6 Å². The van der Waals surface area contributed by atoms with Crippen molar-refractivity contribution in [3.63, 3.8) is 0 Å². The van der Waals surface area contributed by atoms with E-state index in [1.807, 2.05) is 16.8 Å². The van der Waals surface area contributed by atoms with E-state index in [2.05, 4.69) is 0 Å². The van der Waals surface area contributed by atoms with Crippen LogP contribution in [0.25, 0.3) is 0 Å². The van der Waals surface area contributed by atoms with E-state index < -0.39 is 0 Å². The Kier molecular flexibility index (Phi) is 2.78. The molecule has 0 aliphatic rings. The van der Waals surface area contributed by atoms with E-state index in [0.29, 0.717) is 12.4 Å². The number of rotatable bonds is 3. The van der Waals surface area contributed by atoms with Gasteiger partial charge in [-0.25, -0.2) is 0 Å². The van der Waals surface area contributed by atoms with Crippen molar-refractivity contribution in [1.82, 2.24) is 0 Å². The number of ether oxygens (including phenoxy) is 1. The fraction of sp³-hybridized carbons (Fsp3) is 0.0909. The quantitative estimate of drug-likeness (QED) is 0.618. The van der Waals surface area contributed by atoms with Crippen LogP contribution in [0, 0.1) is 0 Å². The third-order valence-electron chi connectivity index (χ3n) is 2.02. The maximum absolute atomic E-state index is 9.35. The molecule has 3 nitrogen and oxygen atoms in total. The molecule has 78 valence electrons. The molecule has 1 heterocycles.